The number of hydrogen-bond donors (Lipinski definition) is 1. The van der Waals surface area contributed by atoms with E-state index in [0.29, 0.717) is 11.3 Å². The Balaban J connectivity index is 2.15. The number of nitrogens with one attached hydrogen (secondary N) is 1. The molecule has 0 atom stereocenters. The van der Waals surface area contributed by atoms with Crippen molar-refractivity contribution in [3.05, 3.63) is 65.0 Å². The number of aryl methyl sites for hydroxylation is 1. The molecule has 0 spiro atoms. The number of rotatable bonds is 2. The summed E-state index contributed by atoms with van der Waals surface area (Å²) >= 11 is 0. The van der Waals surface area contributed by atoms with Crippen LogP contribution in [0.1, 0.15) is 0 Å². The summed E-state index contributed by atoms with van der Waals surface area (Å²) in [5.41, 5.74) is 1.55. The number of benzene rings is 2. The van der Waals surface area contributed by atoms with Crippen LogP contribution in [0, 0.1) is 0 Å². The normalized spacial score (nSPS) is 10.6. The van der Waals surface area contributed by atoms with Gasteiger partial charge in [0.15, 0.2) is 0 Å². The molecule has 4 nitrogen and oxygen atoms in total. The molecule has 1 heterocycles. The van der Waals surface area contributed by atoms with Crippen LogP contribution in [0.5, 0.6) is 0 Å². The van der Waals surface area contributed by atoms with E-state index in [1.807, 2.05) is 60.1 Å². The zero-order valence-electron chi connectivity index (χ0n) is 10.5. The number of hydrogen-bond acceptors (Lipinski definition) is 3. The Labute approximate surface area is 110 Å². The van der Waals surface area contributed by atoms with Gasteiger partial charge in [-0.2, -0.15) is 4.98 Å². The summed E-state index contributed by atoms with van der Waals surface area (Å²) in [6, 6.07) is 17.1. The van der Waals surface area contributed by atoms with Gasteiger partial charge >= 0.3 is 0 Å². The summed E-state index contributed by atoms with van der Waals surface area (Å²) in [7, 11) is 1.89. The van der Waals surface area contributed by atoms with E-state index in [1.54, 1.807) is 6.07 Å². The molecule has 0 aliphatic carbocycles. The Bertz CT molecular complexity index is 778. The van der Waals surface area contributed by atoms with Gasteiger partial charge in [-0.1, -0.05) is 30.3 Å². The first-order valence-corrected chi connectivity index (χ1v) is 6.03. The Morgan fingerprint density at radius 3 is 2.47 bits per heavy atom. The average Bonchev–Trinajstić information content (AvgIpc) is 2.46. The van der Waals surface area contributed by atoms with Crippen LogP contribution in [0.15, 0.2) is 59.4 Å². The molecule has 0 bridgehead atoms. The van der Waals surface area contributed by atoms with Crippen LogP contribution < -0.4 is 10.9 Å². The second kappa shape index (κ2) is 4.57. The zero-order valence-corrected chi connectivity index (χ0v) is 10.5. The number of anilines is 2. The molecule has 0 unspecified atom stereocenters. The van der Waals surface area contributed by atoms with Gasteiger partial charge in [-0.15, -0.1) is 0 Å². The quantitative estimate of drug-likeness (QED) is 0.761. The maximum atomic E-state index is 12.0. The molecule has 2 aromatic carbocycles. The molecule has 94 valence electrons. The lowest BCUT2D eigenvalue weighted by Gasteiger charge is -2.12. The predicted octanol–water partition coefficient (Wildman–Crippen LogP) is 2.68. The van der Waals surface area contributed by atoms with Gasteiger partial charge in [0, 0.05) is 12.7 Å². The summed E-state index contributed by atoms with van der Waals surface area (Å²) in [6.07, 6.45) is 0. The Morgan fingerprint density at radius 1 is 1.00 bits per heavy atom. The Kier molecular flexibility index (Phi) is 2.76. The molecule has 19 heavy (non-hydrogen) atoms. The van der Waals surface area contributed by atoms with Crippen LogP contribution in [0.2, 0.25) is 0 Å². The topological polar surface area (TPSA) is 46.9 Å². The van der Waals surface area contributed by atoms with Crippen molar-refractivity contribution in [3.8, 4) is 0 Å². The lowest BCUT2D eigenvalue weighted by Crippen LogP contribution is -2.15. The van der Waals surface area contributed by atoms with E-state index >= 15 is 0 Å². The predicted molar refractivity (Wildman–Crippen MR) is 76.7 cm³/mol. The van der Waals surface area contributed by atoms with Gasteiger partial charge in [0.05, 0.1) is 10.9 Å². The van der Waals surface area contributed by atoms with Crippen molar-refractivity contribution in [1.29, 1.82) is 0 Å². The number of fused-ring (bicyclic) bond motifs is 1. The highest BCUT2D eigenvalue weighted by molar-refractivity contribution is 5.79. The van der Waals surface area contributed by atoms with Crippen molar-refractivity contribution in [1.82, 2.24) is 9.55 Å². The number of nitrogens with zero attached hydrogens (tertiary/aromatic N) is 2. The van der Waals surface area contributed by atoms with Gasteiger partial charge in [-0.05, 0) is 24.3 Å². The van der Waals surface area contributed by atoms with Gasteiger partial charge < -0.3 is 9.88 Å². The minimum atomic E-state index is -0.216. The fourth-order valence-electron chi connectivity index (χ4n) is 2.05. The third kappa shape index (κ3) is 2.08. The maximum Gasteiger partial charge on any atom is 0.282 e. The molecule has 1 N–H and O–H groups in total. The van der Waals surface area contributed by atoms with Crippen molar-refractivity contribution in [2.24, 2.45) is 7.05 Å². The minimum Gasteiger partial charge on any atom is -0.326 e. The molecule has 4 heteroatoms. The van der Waals surface area contributed by atoms with Gasteiger partial charge in [0.2, 0.25) is 5.95 Å². The number of aromatic nitrogens is 2. The second-order valence-corrected chi connectivity index (χ2v) is 4.31. The molecule has 0 aliphatic heterocycles. The Morgan fingerprint density at radius 2 is 1.68 bits per heavy atom. The lowest BCUT2D eigenvalue weighted by atomic mass is 10.2. The number of para-hydroxylation sites is 2. The summed E-state index contributed by atoms with van der Waals surface area (Å²) in [6.45, 7) is 0. The fourth-order valence-corrected chi connectivity index (χ4v) is 2.05. The maximum absolute atomic E-state index is 12.0. The van der Waals surface area contributed by atoms with Crippen molar-refractivity contribution >= 4 is 22.5 Å². The van der Waals surface area contributed by atoms with Crippen LogP contribution in [0.25, 0.3) is 10.9 Å². The standard InChI is InChI=1S/C15H13N3O/c1-18-13-10-6-5-9-12(13)14(19)17-15(18)16-11-7-3-2-4-8-11/h2-10H,1H3,(H,16,17,19). The molecular weight excluding hydrogens is 238 g/mol. The van der Waals surface area contributed by atoms with Crippen LogP contribution in [0.3, 0.4) is 0 Å². The highest BCUT2D eigenvalue weighted by Gasteiger charge is 2.07. The monoisotopic (exact) mass is 251 g/mol. The van der Waals surface area contributed by atoms with E-state index in [-0.39, 0.29) is 5.56 Å². The van der Waals surface area contributed by atoms with E-state index in [9.17, 15) is 4.79 Å². The molecule has 3 aromatic rings. The average molecular weight is 251 g/mol. The van der Waals surface area contributed by atoms with Crippen molar-refractivity contribution in [3.63, 3.8) is 0 Å². The van der Waals surface area contributed by atoms with Crippen molar-refractivity contribution in [2.75, 3.05) is 5.32 Å². The highest BCUT2D eigenvalue weighted by atomic mass is 16.1. The molecule has 0 aliphatic rings. The Hall–Kier alpha value is -2.62. The molecule has 0 saturated heterocycles. The highest BCUT2D eigenvalue weighted by Crippen LogP contribution is 2.16. The first-order chi connectivity index (χ1) is 9.25. The van der Waals surface area contributed by atoms with E-state index in [2.05, 4.69) is 10.3 Å². The summed E-state index contributed by atoms with van der Waals surface area (Å²) in [5, 5.41) is 3.79. The third-order valence-electron chi connectivity index (χ3n) is 3.05. The SMILES string of the molecule is Cn1c(Nc2ccccc2)nc(=O)c2ccccc21. The van der Waals surface area contributed by atoms with Gasteiger partial charge in [-0.3, -0.25) is 4.79 Å². The summed E-state index contributed by atoms with van der Waals surface area (Å²) in [4.78, 5) is 16.1. The van der Waals surface area contributed by atoms with E-state index in [0.717, 1.165) is 11.2 Å². The lowest BCUT2D eigenvalue weighted by molar-refractivity contribution is 0.915. The first-order valence-electron chi connectivity index (χ1n) is 6.03. The molecule has 1 aromatic heterocycles. The van der Waals surface area contributed by atoms with E-state index in [4.69, 9.17) is 0 Å². The molecule has 0 radical (unpaired) electrons. The smallest absolute Gasteiger partial charge is 0.282 e. The zero-order chi connectivity index (χ0) is 13.2. The molecule has 0 fully saturated rings. The van der Waals surface area contributed by atoms with Gasteiger partial charge in [0.1, 0.15) is 0 Å². The van der Waals surface area contributed by atoms with E-state index < -0.39 is 0 Å². The van der Waals surface area contributed by atoms with Crippen molar-refractivity contribution in [2.45, 2.75) is 0 Å². The second-order valence-electron chi connectivity index (χ2n) is 4.31. The molecule has 3 rings (SSSR count). The first kappa shape index (κ1) is 11.5. The molecular formula is C15H13N3O. The summed E-state index contributed by atoms with van der Waals surface area (Å²) in [5.74, 6) is 0.537. The fraction of sp³-hybridized carbons (Fsp3) is 0.0667. The van der Waals surface area contributed by atoms with Crippen LogP contribution in [-0.4, -0.2) is 9.55 Å². The van der Waals surface area contributed by atoms with Crippen LogP contribution in [0.4, 0.5) is 11.6 Å². The molecule has 0 amide bonds. The van der Waals surface area contributed by atoms with Crippen molar-refractivity contribution < 1.29 is 0 Å². The van der Waals surface area contributed by atoms with E-state index in [1.165, 1.54) is 0 Å². The van der Waals surface area contributed by atoms with Crippen LogP contribution >= 0.6 is 0 Å². The minimum absolute atomic E-state index is 0.216. The third-order valence-corrected chi connectivity index (χ3v) is 3.05. The van der Waals surface area contributed by atoms with Gasteiger partial charge in [0.25, 0.3) is 5.56 Å². The largest absolute Gasteiger partial charge is 0.326 e. The summed E-state index contributed by atoms with van der Waals surface area (Å²) < 4.78 is 1.88. The van der Waals surface area contributed by atoms with Crippen LogP contribution in [-0.2, 0) is 7.05 Å². The van der Waals surface area contributed by atoms with Gasteiger partial charge in [-0.25, -0.2) is 0 Å². The molecule has 0 saturated carbocycles.